The molecule has 0 heterocycles. The van der Waals surface area contributed by atoms with Crippen LogP contribution in [0.2, 0.25) is 0 Å². The van der Waals surface area contributed by atoms with Gasteiger partial charge in [0, 0.05) is 0 Å². The second kappa shape index (κ2) is 3.60. The van der Waals surface area contributed by atoms with Gasteiger partial charge >= 0.3 is 11.8 Å². The van der Waals surface area contributed by atoms with Gasteiger partial charge in [0.1, 0.15) is 0 Å². The van der Waals surface area contributed by atoms with Crippen molar-refractivity contribution in [2.24, 2.45) is 11.5 Å². The van der Waals surface area contributed by atoms with Crippen LogP contribution < -0.4 is 11.5 Å². The summed E-state index contributed by atoms with van der Waals surface area (Å²) in [4.78, 5) is 18.9. The maximum absolute atomic E-state index is 9.45. The first-order chi connectivity index (χ1) is 2.64. The van der Waals surface area contributed by atoms with Gasteiger partial charge in [0.2, 0.25) is 0 Å². The molecule has 0 aliphatic heterocycles. The van der Waals surface area contributed by atoms with Gasteiger partial charge in [0.15, 0.2) is 0 Å². The minimum Gasteiger partial charge on any atom is -0.361 e. The molecular formula is C2H5BrN2O2. The first-order valence-corrected chi connectivity index (χ1v) is 1.24. The Morgan fingerprint density at radius 1 is 1.00 bits per heavy atom. The highest BCUT2D eigenvalue weighted by Gasteiger charge is 1.96. The van der Waals surface area contributed by atoms with Crippen molar-refractivity contribution < 1.29 is 9.59 Å². The molecule has 0 aromatic heterocycles. The van der Waals surface area contributed by atoms with Crippen molar-refractivity contribution in [1.82, 2.24) is 0 Å². The van der Waals surface area contributed by atoms with Crippen molar-refractivity contribution in [3.8, 4) is 0 Å². The zero-order valence-corrected chi connectivity index (χ0v) is 5.09. The molecule has 0 rings (SSSR count). The van der Waals surface area contributed by atoms with E-state index in [-0.39, 0.29) is 17.0 Å². The van der Waals surface area contributed by atoms with E-state index in [1.54, 1.807) is 0 Å². The van der Waals surface area contributed by atoms with Crippen LogP contribution in [0.3, 0.4) is 0 Å². The molecule has 2 amide bonds. The highest BCUT2D eigenvalue weighted by molar-refractivity contribution is 8.93. The Morgan fingerprint density at radius 3 is 1.14 bits per heavy atom. The first kappa shape index (κ1) is 9.65. The van der Waals surface area contributed by atoms with Crippen LogP contribution in [-0.4, -0.2) is 11.8 Å². The van der Waals surface area contributed by atoms with E-state index in [1.165, 1.54) is 0 Å². The van der Waals surface area contributed by atoms with Gasteiger partial charge in [0.25, 0.3) is 0 Å². The maximum Gasteiger partial charge on any atom is 0.306 e. The van der Waals surface area contributed by atoms with Crippen molar-refractivity contribution in [2.75, 3.05) is 0 Å². The Kier molecular flexibility index (Phi) is 4.97. The van der Waals surface area contributed by atoms with Gasteiger partial charge in [-0.05, 0) is 0 Å². The fourth-order valence-corrected chi connectivity index (χ4v) is 0. The number of rotatable bonds is 0. The second-order valence-corrected chi connectivity index (χ2v) is 0.729. The summed E-state index contributed by atoms with van der Waals surface area (Å²) in [6.45, 7) is 0. The average molecular weight is 169 g/mol. The number of hydrogen-bond acceptors (Lipinski definition) is 2. The van der Waals surface area contributed by atoms with E-state index in [0.717, 1.165) is 0 Å². The van der Waals surface area contributed by atoms with Gasteiger partial charge in [-0.2, -0.15) is 0 Å². The van der Waals surface area contributed by atoms with Crippen LogP contribution in [0.25, 0.3) is 0 Å². The first-order valence-electron chi connectivity index (χ1n) is 1.24. The van der Waals surface area contributed by atoms with Gasteiger partial charge < -0.3 is 11.5 Å². The van der Waals surface area contributed by atoms with Crippen LogP contribution in [0.4, 0.5) is 0 Å². The predicted octanol–water partition coefficient (Wildman–Crippen LogP) is -1.47. The Balaban J connectivity index is 0. The number of primary amides is 2. The standard InChI is InChI=1S/C2H4N2O2.BrH/c3-1(5)2(4)6;/h(H2,3,5)(H2,4,6);1H. The molecule has 4 N–H and O–H groups in total. The molecule has 4 nitrogen and oxygen atoms in total. The Morgan fingerprint density at radius 2 is 1.14 bits per heavy atom. The molecule has 42 valence electrons. The topological polar surface area (TPSA) is 86.2 Å². The number of carbonyl (C=O) groups is 2. The smallest absolute Gasteiger partial charge is 0.306 e. The van der Waals surface area contributed by atoms with Crippen LogP contribution in [0.15, 0.2) is 0 Å². The summed E-state index contributed by atoms with van der Waals surface area (Å²) >= 11 is 0. The van der Waals surface area contributed by atoms with Crippen LogP contribution >= 0.6 is 17.0 Å². The summed E-state index contributed by atoms with van der Waals surface area (Å²) in [5, 5.41) is 0. The highest BCUT2D eigenvalue weighted by atomic mass is 79.9. The van der Waals surface area contributed by atoms with Crippen molar-refractivity contribution in [1.29, 1.82) is 0 Å². The second-order valence-electron chi connectivity index (χ2n) is 0.729. The molecule has 0 saturated carbocycles. The summed E-state index contributed by atoms with van der Waals surface area (Å²) in [6, 6.07) is 0. The number of amides is 2. The van der Waals surface area contributed by atoms with E-state index in [2.05, 4.69) is 11.5 Å². The van der Waals surface area contributed by atoms with Gasteiger partial charge in [-0.3, -0.25) is 9.59 Å². The fraction of sp³-hybridized carbons (Fsp3) is 0. The van der Waals surface area contributed by atoms with Crippen molar-refractivity contribution in [2.45, 2.75) is 0 Å². The molecule has 0 unspecified atom stereocenters. The molecule has 7 heavy (non-hydrogen) atoms. The molecule has 0 saturated heterocycles. The Bertz CT molecular complexity index is 79.7. The highest BCUT2D eigenvalue weighted by Crippen LogP contribution is 1.44. The SMILES string of the molecule is Br.NC(=O)C(N)=O. The Hall–Kier alpha value is -0.580. The number of nitrogens with two attached hydrogens (primary N) is 2. The normalized spacial score (nSPS) is 6.29. The van der Waals surface area contributed by atoms with Gasteiger partial charge in [-0.25, -0.2) is 0 Å². The molecule has 0 bridgehead atoms. The van der Waals surface area contributed by atoms with Crippen molar-refractivity contribution in [3.05, 3.63) is 0 Å². The minimum absolute atomic E-state index is 0. The summed E-state index contributed by atoms with van der Waals surface area (Å²) in [6.07, 6.45) is 0. The monoisotopic (exact) mass is 168 g/mol. The van der Waals surface area contributed by atoms with E-state index >= 15 is 0 Å². The summed E-state index contributed by atoms with van der Waals surface area (Å²) in [7, 11) is 0. The lowest BCUT2D eigenvalue weighted by Gasteiger charge is -1.75. The number of carbonyl (C=O) groups excluding carboxylic acids is 2. The molecule has 0 aromatic carbocycles. The van der Waals surface area contributed by atoms with Gasteiger partial charge in [-0.1, -0.05) is 0 Å². The molecule has 0 aromatic rings. The third kappa shape index (κ3) is 5.42. The quantitative estimate of drug-likeness (QED) is 0.434. The average Bonchev–Trinajstić information content (AvgIpc) is 1.36. The molecule has 5 heteroatoms. The van der Waals surface area contributed by atoms with Crippen LogP contribution in [0, 0.1) is 0 Å². The number of halogens is 1. The van der Waals surface area contributed by atoms with Crippen LogP contribution in [-0.2, 0) is 9.59 Å². The zero-order chi connectivity index (χ0) is 5.15. The van der Waals surface area contributed by atoms with Crippen molar-refractivity contribution >= 4 is 28.8 Å². The lowest BCUT2D eigenvalue weighted by atomic mass is 10.6. The summed E-state index contributed by atoms with van der Waals surface area (Å²) in [5.41, 5.74) is 8.64. The van der Waals surface area contributed by atoms with E-state index < -0.39 is 11.8 Å². The van der Waals surface area contributed by atoms with Crippen LogP contribution in [0.5, 0.6) is 0 Å². The molecule has 0 aliphatic carbocycles. The van der Waals surface area contributed by atoms with E-state index in [0.29, 0.717) is 0 Å². The predicted molar refractivity (Wildman–Crippen MR) is 28.7 cm³/mol. The van der Waals surface area contributed by atoms with E-state index in [9.17, 15) is 9.59 Å². The number of hydrogen-bond donors (Lipinski definition) is 2. The largest absolute Gasteiger partial charge is 0.361 e. The van der Waals surface area contributed by atoms with E-state index in [4.69, 9.17) is 0 Å². The fourth-order valence-electron chi connectivity index (χ4n) is 0. The Labute approximate surface area is 50.6 Å². The minimum atomic E-state index is -1.10. The third-order valence-electron chi connectivity index (χ3n) is 0.243. The maximum atomic E-state index is 9.45. The zero-order valence-electron chi connectivity index (χ0n) is 3.38. The van der Waals surface area contributed by atoms with Crippen molar-refractivity contribution in [3.63, 3.8) is 0 Å². The molecule has 0 aliphatic rings. The van der Waals surface area contributed by atoms with Crippen LogP contribution in [0.1, 0.15) is 0 Å². The summed E-state index contributed by atoms with van der Waals surface area (Å²) < 4.78 is 0. The van der Waals surface area contributed by atoms with Gasteiger partial charge in [-0.15, -0.1) is 17.0 Å². The molecule has 0 radical (unpaired) electrons. The molecule has 0 fully saturated rings. The lowest BCUT2D eigenvalue weighted by Crippen LogP contribution is -2.29. The lowest BCUT2D eigenvalue weighted by molar-refractivity contribution is -0.135. The third-order valence-corrected chi connectivity index (χ3v) is 0.243. The van der Waals surface area contributed by atoms with E-state index in [1.807, 2.05) is 0 Å². The summed E-state index contributed by atoms with van der Waals surface area (Å²) in [5.74, 6) is -2.20. The van der Waals surface area contributed by atoms with Gasteiger partial charge in [0.05, 0.1) is 0 Å². The molecule has 0 spiro atoms. The molecular weight excluding hydrogens is 164 g/mol. The molecule has 0 atom stereocenters.